The zero-order valence-corrected chi connectivity index (χ0v) is 12.0. The number of halogens is 1. The van der Waals surface area contributed by atoms with Crippen LogP contribution in [-0.2, 0) is 11.3 Å². The first-order valence-corrected chi connectivity index (χ1v) is 6.62. The standard InChI is InChI=1S/C13H11ClN2O2S/c1-4-7-16-11-10(18-3)6-5-9(14)12(11)19-13(16)15-8(2)17/h1,5-6H,7H2,2-3H3. The Morgan fingerprint density at radius 1 is 1.63 bits per heavy atom. The molecular weight excluding hydrogens is 284 g/mol. The Morgan fingerprint density at radius 2 is 2.37 bits per heavy atom. The summed E-state index contributed by atoms with van der Waals surface area (Å²) in [6.45, 7) is 1.69. The summed E-state index contributed by atoms with van der Waals surface area (Å²) >= 11 is 7.49. The summed E-state index contributed by atoms with van der Waals surface area (Å²) < 4.78 is 7.88. The van der Waals surface area contributed by atoms with Gasteiger partial charge in [-0.15, -0.1) is 6.42 Å². The Hall–Kier alpha value is -1.77. The van der Waals surface area contributed by atoms with E-state index >= 15 is 0 Å². The fourth-order valence-electron chi connectivity index (χ4n) is 1.74. The third-order valence-corrected chi connectivity index (χ3v) is 4.00. The number of carbonyl (C=O) groups excluding carboxylic acids is 1. The molecule has 4 nitrogen and oxygen atoms in total. The van der Waals surface area contributed by atoms with Crippen molar-refractivity contribution in [3.8, 4) is 18.1 Å². The fourth-order valence-corrected chi connectivity index (χ4v) is 3.11. The Morgan fingerprint density at radius 3 is 2.95 bits per heavy atom. The van der Waals surface area contributed by atoms with Gasteiger partial charge >= 0.3 is 0 Å². The van der Waals surface area contributed by atoms with Crippen molar-refractivity contribution in [3.05, 3.63) is 22.0 Å². The van der Waals surface area contributed by atoms with Crippen molar-refractivity contribution in [2.45, 2.75) is 13.5 Å². The number of aromatic nitrogens is 1. The van der Waals surface area contributed by atoms with E-state index in [2.05, 4.69) is 10.9 Å². The number of hydrogen-bond donors (Lipinski definition) is 0. The van der Waals surface area contributed by atoms with Gasteiger partial charge in [-0.2, -0.15) is 4.99 Å². The molecule has 0 spiro atoms. The zero-order valence-electron chi connectivity index (χ0n) is 10.4. The van der Waals surface area contributed by atoms with Crippen LogP contribution in [-0.4, -0.2) is 17.6 Å². The van der Waals surface area contributed by atoms with Crippen LogP contribution in [0.5, 0.6) is 5.75 Å². The summed E-state index contributed by atoms with van der Waals surface area (Å²) in [6, 6.07) is 3.51. The monoisotopic (exact) mass is 294 g/mol. The molecule has 6 heteroatoms. The first-order valence-electron chi connectivity index (χ1n) is 5.43. The number of benzene rings is 1. The number of carbonyl (C=O) groups is 1. The van der Waals surface area contributed by atoms with E-state index in [9.17, 15) is 4.79 Å². The van der Waals surface area contributed by atoms with Crippen molar-refractivity contribution in [3.63, 3.8) is 0 Å². The Kier molecular flexibility index (Phi) is 3.93. The summed E-state index contributed by atoms with van der Waals surface area (Å²) in [6.07, 6.45) is 5.37. The summed E-state index contributed by atoms with van der Waals surface area (Å²) in [4.78, 5) is 15.7. The molecule has 1 heterocycles. The highest BCUT2D eigenvalue weighted by atomic mass is 35.5. The highest BCUT2D eigenvalue weighted by Gasteiger charge is 2.14. The maximum Gasteiger partial charge on any atom is 0.245 e. The molecule has 0 unspecified atom stereocenters. The SMILES string of the molecule is C#CCn1c(=NC(C)=O)sc2c(Cl)ccc(OC)c21. The molecule has 0 bridgehead atoms. The smallest absolute Gasteiger partial charge is 0.245 e. The van der Waals surface area contributed by atoms with Gasteiger partial charge in [0.05, 0.1) is 23.4 Å². The van der Waals surface area contributed by atoms with Crippen molar-refractivity contribution in [2.24, 2.45) is 4.99 Å². The predicted molar refractivity (Wildman–Crippen MR) is 76.5 cm³/mol. The van der Waals surface area contributed by atoms with E-state index in [1.54, 1.807) is 23.8 Å². The number of rotatable bonds is 2. The van der Waals surface area contributed by atoms with Gasteiger partial charge in [0.25, 0.3) is 0 Å². The van der Waals surface area contributed by atoms with E-state index < -0.39 is 0 Å². The fraction of sp³-hybridized carbons (Fsp3) is 0.231. The van der Waals surface area contributed by atoms with Gasteiger partial charge in [0, 0.05) is 6.92 Å². The highest BCUT2D eigenvalue weighted by Crippen LogP contribution is 2.33. The van der Waals surface area contributed by atoms with Crippen LogP contribution in [0.1, 0.15) is 6.92 Å². The quantitative estimate of drug-likeness (QED) is 0.799. The van der Waals surface area contributed by atoms with Crippen LogP contribution in [0, 0.1) is 12.3 Å². The minimum Gasteiger partial charge on any atom is -0.495 e. The number of methoxy groups -OCH3 is 1. The molecule has 0 aliphatic rings. The third-order valence-electron chi connectivity index (χ3n) is 2.46. The van der Waals surface area contributed by atoms with Crippen molar-refractivity contribution in [1.29, 1.82) is 0 Å². The summed E-state index contributed by atoms with van der Waals surface area (Å²) in [5.74, 6) is 2.91. The number of hydrogen-bond acceptors (Lipinski definition) is 3. The lowest BCUT2D eigenvalue weighted by atomic mass is 10.3. The van der Waals surface area contributed by atoms with Gasteiger partial charge < -0.3 is 9.30 Å². The van der Waals surface area contributed by atoms with Gasteiger partial charge in [-0.05, 0) is 12.1 Å². The van der Waals surface area contributed by atoms with E-state index in [0.717, 1.165) is 10.2 Å². The number of thiazole rings is 1. The van der Waals surface area contributed by atoms with E-state index in [4.69, 9.17) is 22.8 Å². The van der Waals surface area contributed by atoms with Gasteiger partial charge in [0.2, 0.25) is 5.91 Å². The number of terminal acetylenes is 1. The van der Waals surface area contributed by atoms with E-state index in [1.165, 1.54) is 18.3 Å². The second-order valence-corrected chi connectivity index (χ2v) is 5.12. The van der Waals surface area contributed by atoms with Crippen LogP contribution in [0.4, 0.5) is 0 Å². The Bertz CT molecular complexity index is 752. The minimum absolute atomic E-state index is 0.285. The first-order chi connectivity index (χ1) is 9.08. The Labute approximate surface area is 119 Å². The van der Waals surface area contributed by atoms with Gasteiger partial charge in [0.15, 0.2) is 4.80 Å². The van der Waals surface area contributed by atoms with Crippen LogP contribution in [0.3, 0.4) is 0 Å². The van der Waals surface area contributed by atoms with Crippen molar-refractivity contribution in [2.75, 3.05) is 7.11 Å². The topological polar surface area (TPSA) is 43.6 Å². The van der Waals surface area contributed by atoms with Crippen LogP contribution < -0.4 is 9.54 Å². The molecule has 1 aromatic carbocycles. The third kappa shape index (κ3) is 2.50. The maximum absolute atomic E-state index is 11.2. The molecular formula is C13H11ClN2O2S. The van der Waals surface area contributed by atoms with Crippen molar-refractivity contribution in [1.82, 2.24) is 4.57 Å². The van der Waals surface area contributed by atoms with E-state index in [0.29, 0.717) is 22.1 Å². The molecule has 0 radical (unpaired) electrons. The molecule has 1 aromatic heterocycles. The summed E-state index contributed by atoms with van der Waals surface area (Å²) in [5, 5.41) is 0.580. The first kappa shape index (κ1) is 13.7. The normalized spacial score (nSPS) is 11.6. The van der Waals surface area contributed by atoms with Gasteiger partial charge in [0.1, 0.15) is 11.3 Å². The molecule has 2 aromatic rings. The van der Waals surface area contributed by atoms with Gasteiger partial charge in [-0.25, -0.2) is 0 Å². The van der Waals surface area contributed by atoms with Gasteiger partial charge in [-0.1, -0.05) is 28.9 Å². The number of fused-ring (bicyclic) bond motifs is 1. The second-order valence-electron chi connectivity index (χ2n) is 3.73. The van der Waals surface area contributed by atoms with Crippen LogP contribution >= 0.6 is 22.9 Å². The van der Waals surface area contributed by atoms with Gasteiger partial charge in [-0.3, -0.25) is 4.79 Å². The molecule has 19 heavy (non-hydrogen) atoms. The predicted octanol–water partition coefficient (Wildman–Crippen LogP) is 2.45. The average molecular weight is 295 g/mol. The lowest BCUT2D eigenvalue weighted by Gasteiger charge is -2.06. The number of amides is 1. The summed E-state index contributed by atoms with van der Waals surface area (Å²) in [5.41, 5.74) is 0.762. The molecule has 0 aliphatic carbocycles. The summed E-state index contributed by atoms with van der Waals surface area (Å²) in [7, 11) is 1.57. The molecule has 0 aliphatic heterocycles. The number of ether oxygens (including phenoxy) is 1. The zero-order chi connectivity index (χ0) is 14.0. The molecule has 0 atom stereocenters. The van der Waals surface area contributed by atoms with Crippen molar-refractivity contribution >= 4 is 39.1 Å². The second kappa shape index (κ2) is 5.47. The maximum atomic E-state index is 11.2. The molecule has 0 saturated heterocycles. The average Bonchev–Trinajstić information content (AvgIpc) is 2.70. The van der Waals surface area contributed by atoms with Crippen molar-refractivity contribution < 1.29 is 9.53 Å². The van der Waals surface area contributed by atoms with Crippen LogP contribution in [0.2, 0.25) is 5.02 Å². The molecule has 0 N–H and O–H groups in total. The van der Waals surface area contributed by atoms with E-state index in [1.807, 2.05) is 0 Å². The minimum atomic E-state index is -0.285. The molecule has 2 rings (SSSR count). The number of nitrogens with zero attached hydrogens (tertiary/aromatic N) is 2. The van der Waals surface area contributed by atoms with Crippen LogP contribution in [0.25, 0.3) is 10.2 Å². The highest BCUT2D eigenvalue weighted by molar-refractivity contribution is 7.17. The van der Waals surface area contributed by atoms with Crippen LogP contribution in [0.15, 0.2) is 17.1 Å². The van der Waals surface area contributed by atoms with E-state index in [-0.39, 0.29) is 5.91 Å². The largest absolute Gasteiger partial charge is 0.495 e. The molecule has 98 valence electrons. The molecule has 0 fully saturated rings. The Balaban J connectivity index is 2.93. The lowest BCUT2D eigenvalue weighted by Crippen LogP contribution is -2.15. The molecule has 0 saturated carbocycles. The molecule has 1 amide bonds. The lowest BCUT2D eigenvalue weighted by molar-refractivity contribution is -0.116.